The van der Waals surface area contributed by atoms with Gasteiger partial charge in [0.15, 0.2) is 0 Å². The van der Waals surface area contributed by atoms with Gasteiger partial charge in [-0.05, 0) is 19.1 Å². The molecule has 0 amide bonds. The lowest BCUT2D eigenvalue weighted by Gasteiger charge is -2.11. The van der Waals surface area contributed by atoms with E-state index in [0.29, 0.717) is 16.4 Å². The average Bonchev–Trinajstić information content (AvgIpc) is 2.31. The van der Waals surface area contributed by atoms with Gasteiger partial charge < -0.3 is 5.11 Å². The molecule has 4 nitrogen and oxygen atoms in total. The van der Waals surface area contributed by atoms with Crippen molar-refractivity contribution < 1.29 is 5.11 Å². The summed E-state index contributed by atoms with van der Waals surface area (Å²) in [5.41, 5.74) is 1.19. The first-order valence-electron chi connectivity index (χ1n) is 5.09. The van der Waals surface area contributed by atoms with Gasteiger partial charge in [-0.3, -0.25) is 4.79 Å². The molecule has 0 aliphatic heterocycles. The smallest absolute Gasteiger partial charge is 0.206 e. The van der Waals surface area contributed by atoms with E-state index in [0.717, 1.165) is 0 Å². The predicted octanol–water partition coefficient (Wildman–Crippen LogP) is 1.69. The Balaban J connectivity index is 2.68. The van der Waals surface area contributed by atoms with Gasteiger partial charge in [0, 0.05) is 11.8 Å². The van der Waals surface area contributed by atoms with Gasteiger partial charge in [-0.25, -0.2) is 4.68 Å². The molecule has 0 radical (unpaired) electrons. The molecule has 1 aromatic heterocycles. The number of hydrogen-bond donors (Lipinski definition) is 1. The second kappa shape index (κ2) is 4.69. The molecule has 1 aromatic carbocycles. The van der Waals surface area contributed by atoms with Gasteiger partial charge in [0.05, 0.1) is 17.3 Å². The number of rotatable bonds is 2. The van der Waals surface area contributed by atoms with Crippen molar-refractivity contribution in [2.75, 3.05) is 0 Å². The fourth-order valence-electron chi connectivity index (χ4n) is 1.56. The molecule has 2 rings (SSSR count). The molecule has 5 heteroatoms. The Morgan fingerprint density at radius 1 is 1.41 bits per heavy atom. The standard InChI is InChI=1S/C12H11ClN2O2/c1-8-6-12(17)10(7-16)14-15(8)11-5-3-2-4-9(11)13/h2-6,16H,7H2,1H3. The lowest BCUT2D eigenvalue weighted by atomic mass is 10.3. The third kappa shape index (κ3) is 2.23. The maximum atomic E-state index is 11.5. The summed E-state index contributed by atoms with van der Waals surface area (Å²) in [6, 6.07) is 8.63. The summed E-state index contributed by atoms with van der Waals surface area (Å²) in [6.45, 7) is 1.38. The summed E-state index contributed by atoms with van der Waals surface area (Å²) in [5.74, 6) is 0. The normalized spacial score (nSPS) is 10.5. The van der Waals surface area contributed by atoms with E-state index >= 15 is 0 Å². The zero-order valence-electron chi connectivity index (χ0n) is 9.22. The zero-order chi connectivity index (χ0) is 12.4. The minimum atomic E-state index is -0.385. The molecule has 0 aliphatic rings. The van der Waals surface area contributed by atoms with Crippen molar-refractivity contribution in [2.45, 2.75) is 13.5 Å². The highest BCUT2D eigenvalue weighted by molar-refractivity contribution is 6.32. The number of para-hydroxylation sites is 1. The molecule has 0 unspecified atom stereocenters. The first kappa shape index (κ1) is 11.8. The lowest BCUT2D eigenvalue weighted by Crippen LogP contribution is -2.18. The van der Waals surface area contributed by atoms with Crippen LogP contribution in [0.5, 0.6) is 0 Å². The molecular formula is C12H11ClN2O2. The van der Waals surface area contributed by atoms with Crippen LogP contribution in [0, 0.1) is 6.92 Å². The van der Waals surface area contributed by atoms with Crippen molar-refractivity contribution in [2.24, 2.45) is 0 Å². The van der Waals surface area contributed by atoms with Crippen LogP contribution in [-0.2, 0) is 6.61 Å². The van der Waals surface area contributed by atoms with Gasteiger partial charge >= 0.3 is 0 Å². The number of benzene rings is 1. The van der Waals surface area contributed by atoms with Crippen molar-refractivity contribution in [1.29, 1.82) is 0 Å². The molecule has 88 valence electrons. The summed E-state index contributed by atoms with van der Waals surface area (Å²) in [4.78, 5) is 11.5. The van der Waals surface area contributed by atoms with Gasteiger partial charge in [0.25, 0.3) is 0 Å². The summed E-state index contributed by atoms with van der Waals surface area (Å²) in [7, 11) is 0. The van der Waals surface area contributed by atoms with E-state index < -0.39 is 0 Å². The van der Waals surface area contributed by atoms with E-state index in [9.17, 15) is 4.79 Å². The lowest BCUT2D eigenvalue weighted by molar-refractivity contribution is 0.273. The quantitative estimate of drug-likeness (QED) is 0.882. The third-order valence-corrected chi connectivity index (χ3v) is 2.73. The largest absolute Gasteiger partial charge is 0.390 e. The Bertz CT molecular complexity index is 608. The number of aliphatic hydroxyl groups is 1. The van der Waals surface area contributed by atoms with Crippen LogP contribution in [0.25, 0.3) is 5.69 Å². The first-order chi connectivity index (χ1) is 8.13. The number of aromatic nitrogens is 2. The molecule has 0 bridgehead atoms. The first-order valence-corrected chi connectivity index (χ1v) is 5.47. The average molecular weight is 251 g/mol. The van der Waals surface area contributed by atoms with Crippen molar-refractivity contribution >= 4 is 11.6 Å². The number of halogens is 1. The molecule has 1 heterocycles. The van der Waals surface area contributed by atoms with Crippen LogP contribution in [0.4, 0.5) is 0 Å². The van der Waals surface area contributed by atoms with Crippen LogP contribution in [0.1, 0.15) is 11.4 Å². The van der Waals surface area contributed by atoms with Gasteiger partial charge in [0.2, 0.25) is 5.43 Å². The van der Waals surface area contributed by atoms with Crippen LogP contribution in [0.2, 0.25) is 5.02 Å². The molecule has 0 saturated carbocycles. The summed E-state index contributed by atoms with van der Waals surface area (Å²) in [6.07, 6.45) is 0. The van der Waals surface area contributed by atoms with Gasteiger partial charge in [-0.2, -0.15) is 5.10 Å². The molecule has 0 spiro atoms. The highest BCUT2D eigenvalue weighted by atomic mass is 35.5. The molecule has 2 aromatic rings. The van der Waals surface area contributed by atoms with Crippen molar-refractivity contribution in [1.82, 2.24) is 9.78 Å². The Labute approximate surface area is 103 Å². The van der Waals surface area contributed by atoms with Crippen molar-refractivity contribution in [3.8, 4) is 5.69 Å². The maximum Gasteiger partial charge on any atom is 0.206 e. The molecule has 0 aliphatic carbocycles. The van der Waals surface area contributed by atoms with Crippen LogP contribution in [0.3, 0.4) is 0 Å². The van der Waals surface area contributed by atoms with Crippen molar-refractivity contribution in [3.05, 3.63) is 57.0 Å². The van der Waals surface area contributed by atoms with E-state index in [2.05, 4.69) is 5.10 Å². The number of aryl methyl sites for hydroxylation is 1. The van der Waals surface area contributed by atoms with E-state index in [-0.39, 0.29) is 17.7 Å². The molecule has 17 heavy (non-hydrogen) atoms. The van der Waals surface area contributed by atoms with Gasteiger partial charge in [0.1, 0.15) is 5.69 Å². The number of aliphatic hydroxyl groups excluding tert-OH is 1. The Morgan fingerprint density at radius 3 is 2.76 bits per heavy atom. The Morgan fingerprint density at radius 2 is 2.12 bits per heavy atom. The highest BCUT2D eigenvalue weighted by Gasteiger charge is 2.08. The van der Waals surface area contributed by atoms with E-state index in [4.69, 9.17) is 16.7 Å². The highest BCUT2D eigenvalue weighted by Crippen LogP contribution is 2.19. The number of hydrogen-bond acceptors (Lipinski definition) is 3. The van der Waals surface area contributed by atoms with Crippen molar-refractivity contribution in [3.63, 3.8) is 0 Å². The minimum absolute atomic E-state index is 0.107. The topological polar surface area (TPSA) is 55.1 Å². The maximum absolute atomic E-state index is 11.5. The minimum Gasteiger partial charge on any atom is -0.390 e. The predicted molar refractivity (Wildman–Crippen MR) is 65.5 cm³/mol. The van der Waals surface area contributed by atoms with E-state index in [1.165, 1.54) is 6.07 Å². The second-order valence-corrected chi connectivity index (χ2v) is 4.03. The summed E-state index contributed by atoms with van der Waals surface area (Å²) in [5, 5.41) is 13.7. The van der Waals surface area contributed by atoms with Crippen LogP contribution < -0.4 is 5.43 Å². The van der Waals surface area contributed by atoms with Crippen LogP contribution in [0.15, 0.2) is 35.1 Å². The molecular weight excluding hydrogens is 240 g/mol. The van der Waals surface area contributed by atoms with Crippen LogP contribution in [-0.4, -0.2) is 14.9 Å². The molecule has 1 N–H and O–H groups in total. The summed E-state index contributed by atoms with van der Waals surface area (Å²) >= 11 is 6.06. The van der Waals surface area contributed by atoms with Crippen LogP contribution >= 0.6 is 11.6 Å². The van der Waals surface area contributed by atoms with Gasteiger partial charge in [-0.1, -0.05) is 23.7 Å². The monoisotopic (exact) mass is 250 g/mol. The van der Waals surface area contributed by atoms with Gasteiger partial charge in [-0.15, -0.1) is 0 Å². The zero-order valence-corrected chi connectivity index (χ0v) is 9.98. The molecule has 0 saturated heterocycles. The Hall–Kier alpha value is -1.65. The summed E-state index contributed by atoms with van der Waals surface area (Å²) < 4.78 is 1.55. The Kier molecular flexibility index (Phi) is 3.26. The fourth-order valence-corrected chi connectivity index (χ4v) is 1.78. The molecule has 0 atom stereocenters. The second-order valence-electron chi connectivity index (χ2n) is 3.62. The van der Waals surface area contributed by atoms with E-state index in [1.54, 1.807) is 23.7 Å². The fraction of sp³-hybridized carbons (Fsp3) is 0.167. The third-order valence-electron chi connectivity index (χ3n) is 2.41. The number of nitrogens with zero attached hydrogens (tertiary/aromatic N) is 2. The van der Waals surface area contributed by atoms with E-state index in [1.807, 2.05) is 12.1 Å². The molecule has 0 fully saturated rings. The SMILES string of the molecule is Cc1cc(=O)c(CO)nn1-c1ccccc1Cl.